The van der Waals surface area contributed by atoms with E-state index in [4.69, 9.17) is 23.2 Å². The number of hydrogen-bond acceptors (Lipinski definition) is 3. The highest BCUT2D eigenvalue weighted by atomic mass is 35.5. The van der Waals surface area contributed by atoms with Crippen LogP contribution in [0.4, 0.5) is 0 Å². The average molecular weight is 442 g/mol. The number of hydrogen-bond donors (Lipinski definition) is 2. The van der Waals surface area contributed by atoms with Crippen LogP contribution in [-0.4, -0.2) is 29.9 Å². The first kappa shape index (κ1) is 21.8. The second kappa shape index (κ2) is 10.8. The van der Waals surface area contributed by atoms with Gasteiger partial charge in [0.05, 0.1) is 5.56 Å². The minimum atomic E-state index is -0.287. The molecule has 0 fully saturated rings. The Kier molecular flexibility index (Phi) is 7.82. The second-order valence-corrected chi connectivity index (χ2v) is 7.58. The van der Waals surface area contributed by atoms with Crippen molar-refractivity contribution in [2.75, 3.05) is 13.1 Å². The SMILES string of the molecule is O=C(NCCc1cccc(Cl)c1)c1ccc(C(=O)NCCc2cccc(Cl)c2)nc1. The Labute approximate surface area is 185 Å². The number of halogens is 2. The third-order valence-electron chi connectivity index (χ3n) is 4.43. The molecule has 5 nitrogen and oxygen atoms in total. The first-order valence-corrected chi connectivity index (χ1v) is 10.3. The minimum absolute atomic E-state index is 0.238. The largest absolute Gasteiger partial charge is 0.352 e. The van der Waals surface area contributed by atoms with Crippen molar-refractivity contribution < 1.29 is 9.59 Å². The summed E-state index contributed by atoms with van der Waals surface area (Å²) in [5, 5.41) is 7.00. The van der Waals surface area contributed by atoms with Crippen molar-refractivity contribution in [3.63, 3.8) is 0 Å². The number of rotatable bonds is 8. The van der Waals surface area contributed by atoms with Gasteiger partial charge in [-0.2, -0.15) is 0 Å². The summed E-state index contributed by atoms with van der Waals surface area (Å²) in [4.78, 5) is 28.6. The maximum atomic E-state index is 12.3. The first-order chi connectivity index (χ1) is 14.5. The molecule has 2 amide bonds. The van der Waals surface area contributed by atoms with Gasteiger partial charge in [-0.05, 0) is 60.4 Å². The van der Waals surface area contributed by atoms with Crippen molar-refractivity contribution in [3.05, 3.63) is 99.3 Å². The van der Waals surface area contributed by atoms with Crippen molar-refractivity contribution in [3.8, 4) is 0 Å². The number of carbonyl (C=O) groups is 2. The zero-order valence-electron chi connectivity index (χ0n) is 16.2. The lowest BCUT2D eigenvalue weighted by Gasteiger charge is -2.07. The molecule has 30 heavy (non-hydrogen) atoms. The summed E-state index contributed by atoms with van der Waals surface area (Å²) in [6.07, 6.45) is 2.74. The fourth-order valence-electron chi connectivity index (χ4n) is 2.88. The van der Waals surface area contributed by atoms with Crippen LogP contribution < -0.4 is 10.6 Å². The molecule has 3 aromatic rings. The van der Waals surface area contributed by atoms with E-state index in [1.807, 2.05) is 48.5 Å². The molecule has 7 heteroatoms. The summed E-state index contributed by atoms with van der Waals surface area (Å²) in [6.45, 7) is 0.942. The van der Waals surface area contributed by atoms with Crippen molar-refractivity contribution >= 4 is 35.0 Å². The van der Waals surface area contributed by atoms with Crippen LogP contribution in [0.3, 0.4) is 0 Å². The van der Waals surface area contributed by atoms with E-state index in [-0.39, 0.29) is 17.5 Å². The maximum absolute atomic E-state index is 12.3. The van der Waals surface area contributed by atoms with Gasteiger partial charge in [0.2, 0.25) is 0 Å². The van der Waals surface area contributed by atoms with Gasteiger partial charge in [-0.25, -0.2) is 0 Å². The van der Waals surface area contributed by atoms with Gasteiger partial charge in [-0.15, -0.1) is 0 Å². The van der Waals surface area contributed by atoms with Crippen LogP contribution in [0, 0.1) is 0 Å². The van der Waals surface area contributed by atoms with Gasteiger partial charge in [0.25, 0.3) is 11.8 Å². The van der Waals surface area contributed by atoms with Gasteiger partial charge in [0.15, 0.2) is 0 Å². The summed E-state index contributed by atoms with van der Waals surface area (Å²) in [7, 11) is 0. The van der Waals surface area contributed by atoms with Gasteiger partial charge in [0.1, 0.15) is 5.69 Å². The molecule has 3 rings (SSSR count). The summed E-state index contributed by atoms with van der Waals surface area (Å²) in [5.41, 5.74) is 2.75. The number of amides is 2. The van der Waals surface area contributed by atoms with Gasteiger partial charge < -0.3 is 10.6 Å². The van der Waals surface area contributed by atoms with E-state index in [0.717, 1.165) is 11.1 Å². The van der Waals surface area contributed by atoms with E-state index in [1.165, 1.54) is 6.20 Å². The van der Waals surface area contributed by atoms with Gasteiger partial charge in [0, 0.05) is 29.3 Å². The molecule has 0 aliphatic heterocycles. The van der Waals surface area contributed by atoms with E-state index in [9.17, 15) is 9.59 Å². The highest BCUT2D eigenvalue weighted by Crippen LogP contribution is 2.11. The van der Waals surface area contributed by atoms with Crippen LogP contribution in [0.25, 0.3) is 0 Å². The lowest BCUT2D eigenvalue weighted by atomic mass is 10.1. The number of carbonyl (C=O) groups excluding carboxylic acids is 2. The van der Waals surface area contributed by atoms with Crippen LogP contribution >= 0.6 is 23.2 Å². The normalized spacial score (nSPS) is 10.5. The molecular formula is C23H21Cl2N3O2. The summed E-state index contributed by atoms with van der Waals surface area (Å²) in [5.74, 6) is -0.526. The molecule has 2 N–H and O–H groups in total. The lowest BCUT2D eigenvalue weighted by molar-refractivity contribution is 0.0938. The molecule has 154 valence electrons. The zero-order valence-corrected chi connectivity index (χ0v) is 17.7. The van der Waals surface area contributed by atoms with Gasteiger partial charge in [-0.3, -0.25) is 14.6 Å². The molecule has 1 aromatic heterocycles. The van der Waals surface area contributed by atoms with Crippen LogP contribution in [0.15, 0.2) is 66.9 Å². The standard InChI is InChI=1S/C23H21Cl2N3O2/c24-19-5-1-3-16(13-19)9-11-26-22(29)18-7-8-21(28-15-18)23(30)27-12-10-17-4-2-6-20(25)14-17/h1-8,13-15H,9-12H2,(H,26,29)(H,27,30). The molecule has 1 heterocycles. The highest BCUT2D eigenvalue weighted by Gasteiger charge is 2.10. The fraction of sp³-hybridized carbons (Fsp3) is 0.174. The van der Waals surface area contributed by atoms with Crippen molar-refractivity contribution in [1.82, 2.24) is 15.6 Å². The van der Waals surface area contributed by atoms with Crippen LogP contribution in [0.1, 0.15) is 32.0 Å². The Hall–Kier alpha value is -2.89. The highest BCUT2D eigenvalue weighted by molar-refractivity contribution is 6.30. The van der Waals surface area contributed by atoms with Crippen molar-refractivity contribution in [1.29, 1.82) is 0 Å². The van der Waals surface area contributed by atoms with Crippen LogP contribution in [0.5, 0.6) is 0 Å². The van der Waals surface area contributed by atoms with E-state index in [1.54, 1.807) is 12.1 Å². The smallest absolute Gasteiger partial charge is 0.269 e. The molecule has 0 saturated heterocycles. The van der Waals surface area contributed by atoms with E-state index < -0.39 is 0 Å². The zero-order chi connectivity index (χ0) is 21.3. The number of benzene rings is 2. The topological polar surface area (TPSA) is 71.1 Å². The van der Waals surface area contributed by atoms with Crippen molar-refractivity contribution in [2.45, 2.75) is 12.8 Å². The Morgan fingerprint density at radius 1 is 0.767 bits per heavy atom. The quantitative estimate of drug-likeness (QED) is 0.546. The predicted molar refractivity (Wildman–Crippen MR) is 119 cm³/mol. The van der Waals surface area contributed by atoms with E-state index in [0.29, 0.717) is 41.5 Å². The van der Waals surface area contributed by atoms with Crippen LogP contribution in [0.2, 0.25) is 10.0 Å². The molecule has 2 aromatic carbocycles. The van der Waals surface area contributed by atoms with E-state index in [2.05, 4.69) is 15.6 Å². The summed E-state index contributed by atoms with van der Waals surface area (Å²) in [6, 6.07) is 18.2. The molecule has 0 aliphatic rings. The first-order valence-electron chi connectivity index (χ1n) is 9.52. The van der Waals surface area contributed by atoms with E-state index >= 15 is 0 Å². The maximum Gasteiger partial charge on any atom is 0.269 e. The minimum Gasteiger partial charge on any atom is -0.352 e. The summed E-state index contributed by atoms with van der Waals surface area (Å²) >= 11 is 11.9. The number of nitrogens with zero attached hydrogens (tertiary/aromatic N) is 1. The third-order valence-corrected chi connectivity index (χ3v) is 4.91. The summed E-state index contributed by atoms with van der Waals surface area (Å²) < 4.78 is 0. The molecule has 0 bridgehead atoms. The second-order valence-electron chi connectivity index (χ2n) is 6.70. The molecule has 0 unspecified atom stereocenters. The Balaban J connectivity index is 1.45. The van der Waals surface area contributed by atoms with Crippen LogP contribution in [-0.2, 0) is 12.8 Å². The van der Waals surface area contributed by atoms with Gasteiger partial charge >= 0.3 is 0 Å². The third kappa shape index (κ3) is 6.58. The Bertz CT molecular complexity index is 940. The molecule has 0 atom stereocenters. The Morgan fingerprint density at radius 2 is 1.33 bits per heavy atom. The fourth-order valence-corrected chi connectivity index (χ4v) is 3.31. The van der Waals surface area contributed by atoms with Crippen molar-refractivity contribution in [2.24, 2.45) is 0 Å². The number of aromatic nitrogens is 1. The molecule has 0 radical (unpaired) electrons. The molecular weight excluding hydrogens is 421 g/mol. The molecule has 0 aliphatic carbocycles. The average Bonchev–Trinajstić information content (AvgIpc) is 2.74. The molecule has 0 spiro atoms. The monoisotopic (exact) mass is 441 g/mol. The lowest BCUT2D eigenvalue weighted by Crippen LogP contribution is -2.28. The van der Waals surface area contributed by atoms with Gasteiger partial charge in [-0.1, -0.05) is 47.5 Å². The Morgan fingerprint density at radius 3 is 1.83 bits per heavy atom. The molecule has 0 saturated carbocycles. The number of pyridine rings is 1. The number of nitrogens with one attached hydrogen (secondary N) is 2. The predicted octanol–water partition coefficient (Wildman–Crippen LogP) is 4.33.